The summed E-state index contributed by atoms with van der Waals surface area (Å²) >= 11 is 1.18. The number of benzene rings is 2. The van der Waals surface area contributed by atoms with Crippen LogP contribution in [0.15, 0.2) is 80.1 Å². The number of allylic oxidation sites excluding steroid dienone is 1. The number of non-ortho nitro benzene ring substituents is 1. The van der Waals surface area contributed by atoms with Crippen molar-refractivity contribution < 1.29 is 23.6 Å². The fourth-order valence-electron chi connectivity index (χ4n) is 4.82. The van der Waals surface area contributed by atoms with E-state index in [0.717, 1.165) is 0 Å². The van der Waals surface area contributed by atoms with Crippen molar-refractivity contribution in [1.82, 2.24) is 4.57 Å². The summed E-state index contributed by atoms with van der Waals surface area (Å²) in [6.07, 6.45) is 1.63. The molecule has 210 valence electrons. The van der Waals surface area contributed by atoms with Crippen LogP contribution in [0.4, 0.5) is 5.69 Å². The molecule has 1 aliphatic heterocycles. The normalized spacial score (nSPS) is 14.9. The zero-order valence-electron chi connectivity index (χ0n) is 22.9. The summed E-state index contributed by atoms with van der Waals surface area (Å²) in [5.41, 5.74) is 2.43. The van der Waals surface area contributed by atoms with Gasteiger partial charge in [-0.15, -0.1) is 0 Å². The number of esters is 1. The van der Waals surface area contributed by atoms with Gasteiger partial charge >= 0.3 is 5.97 Å². The molecule has 1 aliphatic rings. The smallest absolute Gasteiger partial charge is 0.338 e. The molecule has 4 aromatic rings. The van der Waals surface area contributed by atoms with Crippen LogP contribution in [0.2, 0.25) is 0 Å². The van der Waals surface area contributed by atoms with Crippen LogP contribution in [0.25, 0.3) is 17.4 Å². The van der Waals surface area contributed by atoms with Crippen LogP contribution in [0.3, 0.4) is 0 Å². The SMILES string of the molecule is CCOC(=O)C1=C(C)N=c2s/c(=C\c3ccc(-c4ccc([N+](=O)[O-])cc4C)o3)c(=O)n2[C@H]1c1ccccc1OCC. The zero-order valence-corrected chi connectivity index (χ0v) is 23.7. The summed E-state index contributed by atoms with van der Waals surface area (Å²) in [4.78, 5) is 42.7. The minimum absolute atomic E-state index is 0.00270. The van der Waals surface area contributed by atoms with Crippen molar-refractivity contribution in [2.45, 2.75) is 33.7 Å². The Labute approximate surface area is 238 Å². The Hall–Kier alpha value is -4.77. The fourth-order valence-corrected chi connectivity index (χ4v) is 5.85. The Morgan fingerprint density at radius 2 is 1.93 bits per heavy atom. The Bertz CT molecular complexity index is 1880. The number of nitro groups is 1. The van der Waals surface area contributed by atoms with Gasteiger partial charge in [0.05, 0.1) is 33.9 Å². The van der Waals surface area contributed by atoms with E-state index in [2.05, 4.69) is 4.99 Å². The number of hydrogen-bond donors (Lipinski definition) is 0. The first-order valence-electron chi connectivity index (χ1n) is 13.0. The minimum Gasteiger partial charge on any atom is -0.494 e. The topological polar surface area (TPSA) is 126 Å². The molecule has 1 atom stereocenters. The molecule has 0 fully saturated rings. The average molecular weight is 574 g/mol. The maximum absolute atomic E-state index is 13.9. The molecule has 10 nitrogen and oxygen atoms in total. The van der Waals surface area contributed by atoms with Crippen LogP contribution in [0.5, 0.6) is 5.75 Å². The van der Waals surface area contributed by atoms with Gasteiger partial charge in [-0.25, -0.2) is 9.79 Å². The molecule has 2 aromatic heterocycles. The molecule has 0 N–H and O–H groups in total. The number of carbonyl (C=O) groups is 1. The zero-order chi connectivity index (χ0) is 29.3. The predicted octanol–water partition coefficient (Wildman–Crippen LogP) is 4.67. The Kier molecular flexibility index (Phi) is 7.71. The number of rotatable bonds is 8. The van der Waals surface area contributed by atoms with E-state index in [1.54, 1.807) is 51.1 Å². The highest BCUT2D eigenvalue weighted by molar-refractivity contribution is 7.07. The second kappa shape index (κ2) is 11.4. The lowest BCUT2D eigenvalue weighted by molar-refractivity contribution is -0.384. The Morgan fingerprint density at radius 3 is 2.63 bits per heavy atom. The lowest BCUT2D eigenvalue weighted by Gasteiger charge is -2.26. The van der Waals surface area contributed by atoms with E-state index in [-0.39, 0.29) is 23.4 Å². The summed E-state index contributed by atoms with van der Waals surface area (Å²) in [6.45, 7) is 7.67. The van der Waals surface area contributed by atoms with Gasteiger partial charge in [0.25, 0.3) is 11.2 Å². The van der Waals surface area contributed by atoms with Gasteiger partial charge in [0.15, 0.2) is 4.80 Å². The van der Waals surface area contributed by atoms with E-state index in [1.807, 2.05) is 25.1 Å². The molecule has 3 heterocycles. The van der Waals surface area contributed by atoms with E-state index < -0.39 is 16.9 Å². The number of furan rings is 1. The highest BCUT2D eigenvalue weighted by Crippen LogP contribution is 2.36. The van der Waals surface area contributed by atoms with Crippen molar-refractivity contribution in [1.29, 1.82) is 0 Å². The lowest BCUT2D eigenvalue weighted by Crippen LogP contribution is -2.40. The number of nitrogens with zero attached hydrogens (tertiary/aromatic N) is 3. The van der Waals surface area contributed by atoms with Gasteiger partial charge in [-0.2, -0.15) is 0 Å². The number of fused-ring (bicyclic) bond motifs is 1. The van der Waals surface area contributed by atoms with Crippen molar-refractivity contribution in [3.05, 3.63) is 113 Å². The summed E-state index contributed by atoms with van der Waals surface area (Å²) in [6, 6.07) is 14.5. The number of para-hydroxylation sites is 1. The van der Waals surface area contributed by atoms with Crippen molar-refractivity contribution in [2.75, 3.05) is 13.2 Å². The molecule has 0 radical (unpaired) electrons. The number of ether oxygens (including phenoxy) is 2. The van der Waals surface area contributed by atoms with E-state index in [9.17, 15) is 19.7 Å². The molecule has 0 bridgehead atoms. The van der Waals surface area contributed by atoms with Crippen LogP contribution >= 0.6 is 11.3 Å². The van der Waals surface area contributed by atoms with Gasteiger partial charge in [0.2, 0.25) is 0 Å². The highest BCUT2D eigenvalue weighted by atomic mass is 32.1. The summed E-state index contributed by atoms with van der Waals surface area (Å²) in [5, 5.41) is 11.1. The number of aromatic nitrogens is 1. The summed E-state index contributed by atoms with van der Waals surface area (Å²) < 4.78 is 19.1. The largest absolute Gasteiger partial charge is 0.494 e. The second-order valence-corrected chi connectivity index (χ2v) is 10.2. The Balaban J connectivity index is 1.63. The Morgan fingerprint density at radius 1 is 1.15 bits per heavy atom. The molecule has 0 aliphatic carbocycles. The molecule has 2 aromatic carbocycles. The number of carbonyl (C=O) groups excluding carboxylic acids is 1. The number of nitro benzene ring substituents is 1. The quantitative estimate of drug-likeness (QED) is 0.170. The predicted molar refractivity (Wildman–Crippen MR) is 154 cm³/mol. The van der Waals surface area contributed by atoms with Crippen molar-refractivity contribution >= 4 is 29.1 Å². The first-order chi connectivity index (χ1) is 19.7. The van der Waals surface area contributed by atoms with Crippen LogP contribution < -0.4 is 19.6 Å². The van der Waals surface area contributed by atoms with Gasteiger partial charge in [0, 0.05) is 29.3 Å². The molecule has 0 saturated carbocycles. The van der Waals surface area contributed by atoms with E-state index in [4.69, 9.17) is 13.9 Å². The van der Waals surface area contributed by atoms with Crippen molar-refractivity contribution in [3.63, 3.8) is 0 Å². The number of aryl methyl sites for hydroxylation is 1. The monoisotopic (exact) mass is 573 g/mol. The third kappa shape index (κ3) is 5.23. The van der Waals surface area contributed by atoms with Crippen molar-refractivity contribution in [3.8, 4) is 17.1 Å². The first kappa shape index (κ1) is 27.8. The maximum atomic E-state index is 13.9. The molecule has 0 unspecified atom stereocenters. The second-order valence-electron chi connectivity index (χ2n) is 9.23. The molecule has 0 saturated heterocycles. The third-order valence-electron chi connectivity index (χ3n) is 6.62. The highest BCUT2D eigenvalue weighted by Gasteiger charge is 2.35. The van der Waals surface area contributed by atoms with Crippen LogP contribution in [0.1, 0.15) is 43.7 Å². The molecular formula is C30H27N3O7S. The van der Waals surface area contributed by atoms with Gasteiger partial charge in [-0.1, -0.05) is 29.5 Å². The van der Waals surface area contributed by atoms with Gasteiger partial charge in [-0.05, 0) is 57.5 Å². The fraction of sp³-hybridized carbons (Fsp3) is 0.233. The molecule has 0 amide bonds. The maximum Gasteiger partial charge on any atom is 0.338 e. The van der Waals surface area contributed by atoms with Gasteiger partial charge in [0.1, 0.15) is 23.3 Å². The van der Waals surface area contributed by atoms with Crippen LogP contribution in [-0.2, 0) is 9.53 Å². The molecule has 5 rings (SSSR count). The molecule has 11 heteroatoms. The average Bonchev–Trinajstić information content (AvgIpc) is 3.52. The standard InChI is InChI=1S/C30H27N3O7S/c1-5-38-23-10-8-7-9-22(23)27-26(29(35)39-6-2)18(4)31-30-32(27)28(34)25(41-30)16-20-12-14-24(40-20)21-13-11-19(33(36)37)15-17(21)3/h7-16,27H,5-6H2,1-4H3/b25-16-/t27-/m0/s1. The van der Waals surface area contributed by atoms with Crippen LogP contribution in [-0.4, -0.2) is 28.7 Å². The molecule has 0 spiro atoms. The minimum atomic E-state index is -0.801. The van der Waals surface area contributed by atoms with E-state index in [0.29, 0.717) is 55.6 Å². The van der Waals surface area contributed by atoms with Crippen molar-refractivity contribution in [2.24, 2.45) is 4.99 Å². The molecule has 41 heavy (non-hydrogen) atoms. The van der Waals surface area contributed by atoms with Crippen LogP contribution in [0, 0.1) is 17.0 Å². The summed E-state index contributed by atoms with van der Waals surface area (Å²) in [5.74, 6) is 0.949. The first-order valence-corrected chi connectivity index (χ1v) is 13.8. The number of thiazole rings is 1. The third-order valence-corrected chi connectivity index (χ3v) is 7.60. The van der Waals surface area contributed by atoms with E-state index in [1.165, 1.54) is 28.0 Å². The van der Waals surface area contributed by atoms with E-state index >= 15 is 0 Å². The molecular weight excluding hydrogens is 546 g/mol. The van der Waals surface area contributed by atoms with Gasteiger partial charge in [-0.3, -0.25) is 19.5 Å². The number of hydrogen-bond acceptors (Lipinski definition) is 9. The summed E-state index contributed by atoms with van der Waals surface area (Å²) in [7, 11) is 0. The lowest BCUT2D eigenvalue weighted by atomic mass is 9.95. The van der Waals surface area contributed by atoms with Gasteiger partial charge < -0.3 is 13.9 Å².